The summed E-state index contributed by atoms with van der Waals surface area (Å²) in [5, 5.41) is 7.31. The van der Waals surface area contributed by atoms with Gasteiger partial charge in [0.25, 0.3) is 0 Å². The van der Waals surface area contributed by atoms with Gasteiger partial charge < -0.3 is 19.5 Å². The van der Waals surface area contributed by atoms with E-state index in [1.165, 1.54) is 24.2 Å². The van der Waals surface area contributed by atoms with E-state index in [9.17, 15) is 9.59 Å². The molecule has 0 unspecified atom stereocenters. The molecule has 0 spiro atoms. The number of nitrogens with zero attached hydrogens (tertiary/aromatic N) is 7. The maximum atomic E-state index is 12.3. The standard InChI is InChI=1S/C39H44ClN9O3/c1-24-21-49(19-18-48(24)22-26-14-16-47(17-15-26)28-6-4-27(5-7-28)31-12-13-34(50)42-39(31)51)29-8-10-30(11-9-29)52-36-33(40)20-41-38-35(36)43-37(44-38)32-23-46(3)45-25(32)2/h4-11,20,23-24,26,31H,12-19,21-22H2,1-3H3,(H,41,43,44)(H,42,50,51)/t24-,31-/m1/s1. The number of aryl methyl sites for hydroxylation is 2. The predicted molar refractivity (Wildman–Crippen MR) is 202 cm³/mol. The number of carbonyl (C=O) groups excluding carboxylic acids is 2. The van der Waals surface area contributed by atoms with Gasteiger partial charge in [0.1, 0.15) is 22.1 Å². The van der Waals surface area contributed by atoms with Crippen LogP contribution in [0.2, 0.25) is 5.02 Å². The van der Waals surface area contributed by atoms with Gasteiger partial charge in [0, 0.05) is 76.4 Å². The van der Waals surface area contributed by atoms with E-state index in [4.69, 9.17) is 16.3 Å². The third-order valence-electron chi connectivity index (χ3n) is 10.9. The normalized spacial score (nSPS) is 20.5. The number of ether oxygens (including phenoxy) is 1. The quantitative estimate of drug-likeness (QED) is 0.184. The number of imide groups is 1. The molecule has 270 valence electrons. The van der Waals surface area contributed by atoms with Gasteiger partial charge in [-0.1, -0.05) is 23.7 Å². The first-order valence-corrected chi connectivity index (χ1v) is 18.6. The number of piperidine rings is 2. The Hall–Kier alpha value is -4.94. The molecule has 2 amide bonds. The lowest BCUT2D eigenvalue weighted by atomic mass is 9.90. The third-order valence-corrected chi connectivity index (χ3v) is 11.2. The van der Waals surface area contributed by atoms with Crippen molar-refractivity contribution >= 4 is 46.0 Å². The summed E-state index contributed by atoms with van der Waals surface area (Å²) in [6, 6.07) is 17.0. The van der Waals surface area contributed by atoms with Crippen molar-refractivity contribution in [2.45, 2.75) is 51.5 Å². The second kappa shape index (κ2) is 14.2. The summed E-state index contributed by atoms with van der Waals surface area (Å²) in [5.41, 5.74) is 6.32. The Labute approximate surface area is 308 Å². The van der Waals surface area contributed by atoms with Crippen LogP contribution in [-0.2, 0) is 16.6 Å². The number of hydrogen-bond donors (Lipinski definition) is 2. The van der Waals surface area contributed by atoms with Crippen LogP contribution in [0.1, 0.15) is 49.8 Å². The van der Waals surface area contributed by atoms with Crippen LogP contribution >= 0.6 is 11.6 Å². The monoisotopic (exact) mass is 721 g/mol. The first kappa shape index (κ1) is 34.2. The number of imidazole rings is 1. The Morgan fingerprint density at radius 2 is 1.67 bits per heavy atom. The van der Waals surface area contributed by atoms with Crippen LogP contribution in [0.4, 0.5) is 11.4 Å². The minimum absolute atomic E-state index is 0.175. The number of benzene rings is 2. The fourth-order valence-electron chi connectivity index (χ4n) is 7.95. The van der Waals surface area contributed by atoms with Crippen LogP contribution < -0.4 is 19.9 Å². The van der Waals surface area contributed by atoms with Crippen LogP contribution in [0.15, 0.2) is 60.9 Å². The molecule has 2 aromatic carbocycles. The largest absolute Gasteiger partial charge is 0.453 e. The average molecular weight is 722 g/mol. The number of nitrogens with one attached hydrogen (secondary N) is 2. The van der Waals surface area contributed by atoms with Crippen LogP contribution in [0, 0.1) is 12.8 Å². The number of hydrogen-bond acceptors (Lipinski definition) is 9. The average Bonchev–Trinajstić information content (AvgIpc) is 3.73. The van der Waals surface area contributed by atoms with E-state index in [1.54, 1.807) is 10.9 Å². The number of pyridine rings is 1. The Morgan fingerprint density at radius 3 is 2.37 bits per heavy atom. The van der Waals surface area contributed by atoms with E-state index < -0.39 is 0 Å². The highest BCUT2D eigenvalue weighted by molar-refractivity contribution is 6.32. The summed E-state index contributed by atoms with van der Waals surface area (Å²) in [4.78, 5) is 43.8. The number of aromatic nitrogens is 5. The van der Waals surface area contributed by atoms with Crippen LogP contribution in [0.3, 0.4) is 0 Å². The Balaban J connectivity index is 0.835. The van der Waals surface area contributed by atoms with Gasteiger partial charge in [0.2, 0.25) is 11.8 Å². The number of amides is 2. The molecule has 0 saturated carbocycles. The summed E-state index contributed by atoms with van der Waals surface area (Å²) in [6.07, 6.45) is 6.81. The Kier molecular flexibility index (Phi) is 9.35. The highest BCUT2D eigenvalue weighted by atomic mass is 35.5. The minimum Gasteiger partial charge on any atom is -0.453 e. The molecule has 2 atom stereocenters. The topological polar surface area (TPSA) is 125 Å². The number of anilines is 2. The summed E-state index contributed by atoms with van der Waals surface area (Å²) < 4.78 is 8.09. The molecule has 6 heterocycles. The molecular weight excluding hydrogens is 678 g/mol. The van der Waals surface area contributed by atoms with Gasteiger partial charge in [0.15, 0.2) is 11.4 Å². The number of rotatable bonds is 8. The Morgan fingerprint density at radius 1 is 0.942 bits per heavy atom. The van der Waals surface area contributed by atoms with Crippen molar-refractivity contribution in [2.75, 3.05) is 49.1 Å². The van der Waals surface area contributed by atoms with Crippen molar-refractivity contribution in [1.29, 1.82) is 0 Å². The number of carbonyl (C=O) groups is 2. The van der Waals surface area contributed by atoms with Crippen molar-refractivity contribution in [2.24, 2.45) is 13.0 Å². The lowest BCUT2D eigenvalue weighted by Gasteiger charge is -2.43. The first-order valence-electron chi connectivity index (χ1n) is 18.2. The van der Waals surface area contributed by atoms with Gasteiger partial charge in [-0.3, -0.25) is 24.5 Å². The number of aromatic amines is 1. The maximum Gasteiger partial charge on any atom is 0.234 e. The molecule has 5 aromatic rings. The molecule has 3 saturated heterocycles. The highest BCUT2D eigenvalue weighted by Gasteiger charge is 2.30. The first-order chi connectivity index (χ1) is 25.2. The van der Waals surface area contributed by atoms with Crippen molar-refractivity contribution in [1.82, 2.24) is 34.9 Å². The SMILES string of the molecule is Cc1nn(C)cc1-c1nc2ncc(Cl)c(Oc3ccc(N4CCN(CC5CCN(c6ccc([C@H]7CCC(=O)NC7=O)cc6)CC5)[C@H](C)C4)cc3)c2[nH]1. The molecule has 0 radical (unpaired) electrons. The van der Waals surface area contributed by atoms with Gasteiger partial charge in [-0.15, -0.1) is 0 Å². The van der Waals surface area contributed by atoms with Crippen molar-refractivity contribution in [3.05, 3.63) is 77.2 Å². The minimum atomic E-state index is -0.239. The van der Waals surface area contributed by atoms with E-state index in [-0.39, 0.29) is 17.7 Å². The van der Waals surface area contributed by atoms with E-state index in [1.807, 2.05) is 32.3 Å². The fourth-order valence-corrected chi connectivity index (χ4v) is 8.13. The zero-order chi connectivity index (χ0) is 35.9. The second-order valence-electron chi connectivity index (χ2n) is 14.4. The fraction of sp³-hybridized carbons (Fsp3) is 0.410. The van der Waals surface area contributed by atoms with Crippen molar-refractivity contribution < 1.29 is 14.3 Å². The van der Waals surface area contributed by atoms with E-state index in [0.717, 1.165) is 56.1 Å². The maximum absolute atomic E-state index is 12.3. The van der Waals surface area contributed by atoms with Gasteiger partial charge >= 0.3 is 0 Å². The van der Waals surface area contributed by atoms with Crippen molar-refractivity contribution in [3.8, 4) is 22.9 Å². The van der Waals surface area contributed by atoms with Crippen LogP contribution in [0.25, 0.3) is 22.6 Å². The Bertz CT molecular complexity index is 2090. The van der Waals surface area contributed by atoms with Gasteiger partial charge in [-0.05, 0) is 81.0 Å². The lowest BCUT2D eigenvalue weighted by molar-refractivity contribution is -0.134. The molecule has 13 heteroatoms. The van der Waals surface area contributed by atoms with Crippen LogP contribution in [-0.4, -0.2) is 86.8 Å². The zero-order valence-corrected chi connectivity index (χ0v) is 30.6. The number of piperazine rings is 1. The third kappa shape index (κ3) is 6.97. The van der Waals surface area contributed by atoms with Gasteiger partial charge in [-0.2, -0.15) is 5.10 Å². The summed E-state index contributed by atoms with van der Waals surface area (Å²) >= 11 is 6.58. The zero-order valence-electron chi connectivity index (χ0n) is 29.8. The molecule has 12 nitrogen and oxygen atoms in total. The molecule has 3 aromatic heterocycles. The summed E-state index contributed by atoms with van der Waals surface area (Å²) in [6.45, 7) is 10.5. The molecule has 3 aliphatic heterocycles. The molecule has 0 bridgehead atoms. The van der Waals surface area contributed by atoms with E-state index >= 15 is 0 Å². The number of halogens is 1. The van der Waals surface area contributed by atoms with E-state index in [2.05, 4.69) is 83.4 Å². The number of H-pyrrole nitrogens is 1. The molecule has 2 N–H and O–H groups in total. The summed E-state index contributed by atoms with van der Waals surface area (Å²) in [5.74, 6) is 1.94. The predicted octanol–water partition coefficient (Wildman–Crippen LogP) is 6.06. The van der Waals surface area contributed by atoms with Crippen LogP contribution in [0.5, 0.6) is 11.5 Å². The molecule has 0 aliphatic carbocycles. The summed E-state index contributed by atoms with van der Waals surface area (Å²) in [7, 11) is 1.88. The van der Waals surface area contributed by atoms with Crippen molar-refractivity contribution in [3.63, 3.8) is 0 Å². The molecule has 52 heavy (non-hydrogen) atoms. The molecule has 8 rings (SSSR count). The van der Waals surface area contributed by atoms with Gasteiger partial charge in [-0.25, -0.2) is 9.97 Å². The van der Waals surface area contributed by atoms with Gasteiger partial charge in [0.05, 0.1) is 23.4 Å². The molecule has 3 fully saturated rings. The molecule has 3 aliphatic rings. The highest BCUT2D eigenvalue weighted by Crippen LogP contribution is 2.37. The number of fused-ring (bicyclic) bond motifs is 1. The van der Waals surface area contributed by atoms with E-state index in [0.29, 0.717) is 58.3 Å². The smallest absolute Gasteiger partial charge is 0.234 e. The lowest BCUT2D eigenvalue weighted by Crippen LogP contribution is -2.53. The second-order valence-corrected chi connectivity index (χ2v) is 14.8. The molecular formula is C39H44ClN9O3.